The zero-order chi connectivity index (χ0) is 28.3. The molecule has 0 unspecified atom stereocenters. The standard InChI is InChI=1S/C34H42O5Si/c1-24(39-40(34(2,3)4,26-17-11-7-12-18-26)27-19-13-8-14-20-27)28-21-22-30-29(31(28)32(35)36-5)23-37-33(38-30)25-15-9-6-10-16-25/h6-20,24,28-31,33H,21-23H2,1-5H3/t24-,28-,29-,30-,31-,33+/m1/s1. The maximum atomic E-state index is 13.4. The van der Waals surface area contributed by atoms with E-state index < -0.39 is 14.6 Å². The van der Waals surface area contributed by atoms with Crippen LogP contribution < -0.4 is 10.4 Å². The summed E-state index contributed by atoms with van der Waals surface area (Å²) in [4.78, 5) is 13.4. The number of esters is 1. The lowest BCUT2D eigenvalue weighted by atomic mass is 9.68. The van der Waals surface area contributed by atoms with Crippen molar-refractivity contribution in [1.29, 1.82) is 0 Å². The monoisotopic (exact) mass is 558 g/mol. The second-order valence-corrected chi connectivity index (χ2v) is 16.4. The molecule has 40 heavy (non-hydrogen) atoms. The van der Waals surface area contributed by atoms with Crippen LogP contribution in [0.25, 0.3) is 0 Å². The number of rotatable bonds is 7. The molecule has 5 nitrogen and oxygen atoms in total. The number of fused-ring (bicyclic) bond motifs is 1. The average Bonchev–Trinajstić information content (AvgIpc) is 2.99. The van der Waals surface area contributed by atoms with E-state index in [9.17, 15) is 4.79 Å². The largest absolute Gasteiger partial charge is 0.469 e. The third-order valence-corrected chi connectivity index (χ3v) is 14.0. The van der Waals surface area contributed by atoms with Gasteiger partial charge < -0.3 is 18.6 Å². The first-order valence-electron chi connectivity index (χ1n) is 14.4. The summed E-state index contributed by atoms with van der Waals surface area (Å²) in [6.07, 6.45) is 1.01. The normalized spacial score (nSPS) is 26.0. The van der Waals surface area contributed by atoms with Crippen molar-refractivity contribution in [3.8, 4) is 0 Å². The lowest BCUT2D eigenvalue weighted by molar-refractivity contribution is -0.265. The third kappa shape index (κ3) is 5.42. The molecule has 0 aromatic heterocycles. The molecule has 0 bridgehead atoms. The number of hydrogen-bond acceptors (Lipinski definition) is 5. The van der Waals surface area contributed by atoms with E-state index in [1.807, 2.05) is 30.3 Å². The Labute approximate surface area is 239 Å². The first kappa shape index (κ1) is 28.7. The fourth-order valence-corrected chi connectivity index (χ4v) is 11.7. The van der Waals surface area contributed by atoms with Gasteiger partial charge in [0.15, 0.2) is 6.29 Å². The number of methoxy groups -OCH3 is 1. The van der Waals surface area contributed by atoms with Crippen LogP contribution in [0.3, 0.4) is 0 Å². The molecule has 0 radical (unpaired) electrons. The molecule has 212 valence electrons. The van der Waals surface area contributed by atoms with Gasteiger partial charge in [-0.05, 0) is 41.1 Å². The van der Waals surface area contributed by atoms with E-state index >= 15 is 0 Å². The summed E-state index contributed by atoms with van der Waals surface area (Å²) in [7, 11) is -1.30. The zero-order valence-corrected chi connectivity index (χ0v) is 25.3. The Morgan fingerprint density at radius 1 is 0.875 bits per heavy atom. The molecule has 1 heterocycles. The molecule has 6 heteroatoms. The molecule has 5 rings (SSSR count). The first-order valence-corrected chi connectivity index (χ1v) is 16.4. The molecule has 2 fully saturated rings. The van der Waals surface area contributed by atoms with Crippen LogP contribution in [-0.4, -0.2) is 40.2 Å². The van der Waals surface area contributed by atoms with Gasteiger partial charge in [-0.3, -0.25) is 4.79 Å². The van der Waals surface area contributed by atoms with E-state index in [1.165, 1.54) is 17.5 Å². The topological polar surface area (TPSA) is 54.0 Å². The highest BCUT2D eigenvalue weighted by Gasteiger charge is 2.55. The summed E-state index contributed by atoms with van der Waals surface area (Å²) in [5.74, 6) is -0.677. The van der Waals surface area contributed by atoms with Gasteiger partial charge in [-0.25, -0.2) is 0 Å². The highest BCUT2D eigenvalue weighted by Crippen LogP contribution is 2.46. The maximum absolute atomic E-state index is 13.4. The van der Waals surface area contributed by atoms with Gasteiger partial charge in [0.2, 0.25) is 0 Å². The van der Waals surface area contributed by atoms with Crippen LogP contribution in [0.5, 0.6) is 0 Å². The summed E-state index contributed by atoms with van der Waals surface area (Å²) in [6.45, 7) is 9.46. The van der Waals surface area contributed by atoms with Gasteiger partial charge in [0.25, 0.3) is 8.32 Å². The minimum Gasteiger partial charge on any atom is -0.469 e. The summed E-state index contributed by atoms with van der Waals surface area (Å²) >= 11 is 0. The van der Waals surface area contributed by atoms with E-state index in [2.05, 4.69) is 88.4 Å². The van der Waals surface area contributed by atoms with Crippen molar-refractivity contribution in [1.82, 2.24) is 0 Å². The van der Waals surface area contributed by atoms with Crippen LogP contribution in [0.4, 0.5) is 0 Å². The number of hydrogen-bond donors (Lipinski definition) is 0. The highest BCUT2D eigenvalue weighted by molar-refractivity contribution is 6.99. The predicted molar refractivity (Wildman–Crippen MR) is 160 cm³/mol. The Kier molecular flexibility index (Phi) is 8.62. The van der Waals surface area contributed by atoms with Gasteiger partial charge in [-0.15, -0.1) is 0 Å². The van der Waals surface area contributed by atoms with E-state index in [-0.39, 0.29) is 41.0 Å². The second kappa shape index (κ2) is 12.0. The van der Waals surface area contributed by atoms with Gasteiger partial charge >= 0.3 is 5.97 Å². The van der Waals surface area contributed by atoms with Crippen molar-refractivity contribution in [3.63, 3.8) is 0 Å². The van der Waals surface area contributed by atoms with Crippen molar-refractivity contribution in [3.05, 3.63) is 96.6 Å². The van der Waals surface area contributed by atoms with Crippen LogP contribution in [-0.2, 0) is 23.4 Å². The smallest absolute Gasteiger partial charge is 0.309 e. The molecule has 0 spiro atoms. The van der Waals surface area contributed by atoms with E-state index in [1.54, 1.807) is 0 Å². The lowest BCUT2D eigenvalue weighted by Crippen LogP contribution is -2.68. The predicted octanol–water partition coefficient (Wildman–Crippen LogP) is 5.88. The van der Waals surface area contributed by atoms with Crippen molar-refractivity contribution >= 4 is 24.7 Å². The van der Waals surface area contributed by atoms with Crippen molar-refractivity contribution in [2.45, 2.75) is 64.1 Å². The molecule has 1 aliphatic heterocycles. The van der Waals surface area contributed by atoms with Crippen LogP contribution >= 0.6 is 0 Å². The molecular formula is C34H42O5Si. The molecule has 6 atom stereocenters. The summed E-state index contributed by atoms with van der Waals surface area (Å²) in [5.41, 5.74) is 1.00. The average molecular weight is 559 g/mol. The van der Waals surface area contributed by atoms with E-state index in [0.717, 1.165) is 18.4 Å². The van der Waals surface area contributed by atoms with E-state index in [0.29, 0.717) is 6.61 Å². The number of carbonyl (C=O) groups is 1. The molecule has 2 aliphatic rings. The summed E-state index contributed by atoms with van der Waals surface area (Å²) < 4.78 is 25.5. The quantitative estimate of drug-likeness (QED) is 0.268. The van der Waals surface area contributed by atoms with Crippen LogP contribution in [0, 0.1) is 17.8 Å². The Bertz CT molecular complexity index is 1200. The second-order valence-electron chi connectivity index (χ2n) is 12.2. The van der Waals surface area contributed by atoms with E-state index in [4.69, 9.17) is 18.6 Å². The first-order chi connectivity index (χ1) is 19.3. The molecule has 1 saturated carbocycles. The fraction of sp³-hybridized carbons (Fsp3) is 0.441. The molecule has 3 aromatic carbocycles. The summed E-state index contributed by atoms with van der Waals surface area (Å²) in [5, 5.41) is 2.32. The lowest BCUT2D eigenvalue weighted by Gasteiger charge is -2.50. The number of benzene rings is 3. The molecule has 1 aliphatic carbocycles. The van der Waals surface area contributed by atoms with Gasteiger partial charge in [0.1, 0.15) is 0 Å². The van der Waals surface area contributed by atoms with Gasteiger partial charge in [-0.1, -0.05) is 112 Å². The minimum atomic E-state index is -2.78. The SMILES string of the molecule is COC(=O)[C@@H]1[C@@H]([C@@H](C)O[Si](c2ccccc2)(c2ccccc2)C(C)(C)C)CC[C@H]2O[C@@H](c3ccccc3)OC[C@@H]12. The Morgan fingerprint density at radius 2 is 1.43 bits per heavy atom. The van der Waals surface area contributed by atoms with Gasteiger partial charge in [-0.2, -0.15) is 0 Å². The Balaban J connectivity index is 1.47. The van der Waals surface area contributed by atoms with Crippen molar-refractivity contribution < 1.29 is 23.4 Å². The molecular weight excluding hydrogens is 516 g/mol. The van der Waals surface area contributed by atoms with Gasteiger partial charge in [0, 0.05) is 17.6 Å². The van der Waals surface area contributed by atoms with Crippen LogP contribution in [0.1, 0.15) is 52.4 Å². The Hall–Kier alpha value is -2.77. The molecule has 1 saturated heterocycles. The maximum Gasteiger partial charge on any atom is 0.309 e. The molecule has 0 amide bonds. The Morgan fingerprint density at radius 3 is 1.95 bits per heavy atom. The molecule has 0 N–H and O–H groups in total. The van der Waals surface area contributed by atoms with Crippen molar-refractivity contribution in [2.75, 3.05) is 13.7 Å². The molecule has 3 aromatic rings. The number of ether oxygens (including phenoxy) is 3. The van der Waals surface area contributed by atoms with Crippen LogP contribution in [0.15, 0.2) is 91.0 Å². The zero-order valence-electron chi connectivity index (χ0n) is 24.3. The third-order valence-electron chi connectivity index (χ3n) is 8.85. The van der Waals surface area contributed by atoms with Crippen LogP contribution in [0.2, 0.25) is 5.04 Å². The van der Waals surface area contributed by atoms with Crippen molar-refractivity contribution in [2.24, 2.45) is 17.8 Å². The van der Waals surface area contributed by atoms with Gasteiger partial charge in [0.05, 0.1) is 25.7 Å². The number of carbonyl (C=O) groups excluding carboxylic acids is 1. The minimum absolute atomic E-state index is 0.0178. The summed E-state index contributed by atoms with van der Waals surface area (Å²) in [6, 6.07) is 31.4. The fourth-order valence-electron chi connectivity index (χ4n) is 6.93. The highest BCUT2D eigenvalue weighted by atomic mass is 28.4.